The van der Waals surface area contributed by atoms with Gasteiger partial charge in [-0.05, 0) is 12.3 Å². The lowest BCUT2D eigenvalue weighted by Gasteiger charge is -2.17. The van der Waals surface area contributed by atoms with Crippen LogP contribution in [0.4, 0.5) is 13.2 Å². The lowest BCUT2D eigenvalue weighted by molar-refractivity contribution is -0.148. The lowest BCUT2D eigenvalue weighted by Crippen LogP contribution is -2.30. The average Bonchev–Trinajstić information content (AvgIpc) is 2.07. The third-order valence-corrected chi connectivity index (χ3v) is 1.93. The first-order valence-corrected chi connectivity index (χ1v) is 4.73. The standard InChI is InChI=1S/C9H14F3NO3/c1-6(14)13-5-7(2-3-8(15)16)4-9(10,11)12/h7H,2-5H2,1H3,(H,13,14)(H,15,16). The minimum atomic E-state index is -4.35. The highest BCUT2D eigenvalue weighted by Crippen LogP contribution is 2.26. The summed E-state index contributed by atoms with van der Waals surface area (Å²) in [6, 6.07) is 0. The van der Waals surface area contributed by atoms with E-state index in [1.54, 1.807) is 0 Å². The molecular weight excluding hydrogens is 227 g/mol. The summed E-state index contributed by atoms with van der Waals surface area (Å²) in [6.07, 6.45) is -5.86. The van der Waals surface area contributed by atoms with Gasteiger partial charge >= 0.3 is 12.1 Å². The van der Waals surface area contributed by atoms with E-state index in [2.05, 4.69) is 5.32 Å². The van der Waals surface area contributed by atoms with E-state index in [9.17, 15) is 22.8 Å². The van der Waals surface area contributed by atoms with Gasteiger partial charge in [-0.3, -0.25) is 9.59 Å². The predicted molar refractivity (Wildman–Crippen MR) is 49.7 cm³/mol. The first-order valence-electron chi connectivity index (χ1n) is 4.73. The molecule has 0 fully saturated rings. The molecule has 0 spiro atoms. The first-order chi connectivity index (χ1) is 7.20. The second kappa shape index (κ2) is 6.34. The van der Waals surface area contributed by atoms with Crippen LogP contribution in [-0.4, -0.2) is 29.7 Å². The van der Waals surface area contributed by atoms with Crippen molar-refractivity contribution >= 4 is 11.9 Å². The van der Waals surface area contributed by atoms with Crippen LogP contribution in [-0.2, 0) is 9.59 Å². The second-order valence-corrected chi connectivity index (χ2v) is 3.55. The van der Waals surface area contributed by atoms with E-state index in [0.29, 0.717) is 0 Å². The van der Waals surface area contributed by atoms with Gasteiger partial charge in [-0.25, -0.2) is 0 Å². The number of halogens is 3. The maximum Gasteiger partial charge on any atom is 0.389 e. The number of hydrogen-bond donors (Lipinski definition) is 2. The average molecular weight is 241 g/mol. The zero-order valence-corrected chi connectivity index (χ0v) is 8.80. The van der Waals surface area contributed by atoms with E-state index in [0.717, 1.165) is 0 Å². The summed E-state index contributed by atoms with van der Waals surface area (Å²) in [6.45, 7) is 1.05. The number of hydrogen-bond acceptors (Lipinski definition) is 2. The van der Waals surface area contributed by atoms with Crippen LogP contribution >= 0.6 is 0 Å². The molecule has 2 N–H and O–H groups in total. The molecule has 0 aromatic rings. The van der Waals surface area contributed by atoms with Crippen LogP contribution in [0, 0.1) is 5.92 Å². The van der Waals surface area contributed by atoms with Crippen LogP contribution in [0.2, 0.25) is 0 Å². The quantitative estimate of drug-likeness (QED) is 0.741. The van der Waals surface area contributed by atoms with Crippen LogP contribution in [0.1, 0.15) is 26.2 Å². The summed E-state index contributed by atoms with van der Waals surface area (Å²) in [7, 11) is 0. The Morgan fingerprint density at radius 3 is 2.31 bits per heavy atom. The summed E-state index contributed by atoms with van der Waals surface area (Å²) in [5.41, 5.74) is 0. The number of nitrogens with one attached hydrogen (secondary N) is 1. The maximum atomic E-state index is 12.1. The molecule has 0 saturated heterocycles. The van der Waals surface area contributed by atoms with Gasteiger partial charge in [0.2, 0.25) is 5.91 Å². The van der Waals surface area contributed by atoms with Crippen molar-refractivity contribution in [3.63, 3.8) is 0 Å². The maximum absolute atomic E-state index is 12.1. The van der Waals surface area contributed by atoms with Crippen molar-refractivity contribution in [1.82, 2.24) is 5.32 Å². The largest absolute Gasteiger partial charge is 0.481 e. The number of aliphatic carboxylic acids is 1. The molecule has 94 valence electrons. The Bertz CT molecular complexity index is 235. The zero-order chi connectivity index (χ0) is 12.8. The molecule has 0 rings (SSSR count). The highest BCUT2D eigenvalue weighted by molar-refractivity contribution is 5.72. The number of carboxylic acid groups (broad SMARTS) is 1. The molecule has 4 nitrogen and oxygen atoms in total. The first kappa shape index (κ1) is 14.7. The number of carboxylic acids is 1. The van der Waals surface area contributed by atoms with Crippen LogP contribution < -0.4 is 5.32 Å². The molecule has 1 amide bonds. The summed E-state index contributed by atoms with van der Waals surface area (Å²) in [5.74, 6) is -2.46. The highest BCUT2D eigenvalue weighted by Gasteiger charge is 2.31. The minimum absolute atomic E-state index is 0.102. The number of amides is 1. The fraction of sp³-hybridized carbons (Fsp3) is 0.778. The fourth-order valence-corrected chi connectivity index (χ4v) is 1.22. The van der Waals surface area contributed by atoms with E-state index < -0.39 is 30.4 Å². The smallest absolute Gasteiger partial charge is 0.389 e. The van der Waals surface area contributed by atoms with Gasteiger partial charge in [0.15, 0.2) is 0 Å². The molecule has 0 aliphatic rings. The van der Waals surface area contributed by atoms with Crippen molar-refractivity contribution in [3.8, 4) is 0 Å². The van der Waals surface area contributed by atoms with Gasteiger partial charge in [0, 0.05) is 26.3 Å². The topological polar surface area (TPSA) is 66.4 Å². The van der Waals surface area contributed by atoms with Crippen molar-refractivity contribution in [2.24, 2.45) is 5.92 Å². The molecule has 0 aromatic carbocycles. The number of alkyl halides is 3. The summed E-state index contributed by atoms with van der Waals surface area (Å²) in [4.78, 5) is 20.8. The molecule has 1 unspecified atom stereocenters. The van der Waals surface area contributed by atoms with Crippen molar-refractivity contribution in [1.29, 1.82) is 0 Å². The van der Waals surface area contributed by atoms with Crippen molar-refractivity contribution in [2.75, 3.05) is 6.54 Å². The third-order valence-electron chi connectivity index (χ3n) is 1.93. The van der Waals surface area contributed by atoms with Crippen molar-refractivity contribution in [3.05, 3.63) is 0 Å². The van der Waals surface area contributed by atoms with Gasteiger partial charge < -0.3 is 10.4 Å². The van der Waals surface area contributed by atoms with Crippen LogP contribution in [0.25, 0.3) is 0 Å². The molecule has 1 atom stereocenters. The molecule has 16 heavy (non-hydrogen) atoms. The SMILES string of the molecule is CC(=O)NCC(CCC(=O)O)CC(F)(F)F. The van der Waals surface area contributed by atoms with E-state index in [1.165, 1.54) is 6.92 Å². The van der Waals surface area contributed by atoms with E-state index in [-0.39, 0.29) is 19.4 Å². The third kappa shape index (κ3) is 9.29. The Morgan fingerprint density at radius 1 is 1.38 bits per heavy atom. The number of rotatable bonds is 6. The Kier molecular flexibility index (Phi) is 5.84. The van der Waals surface area contributed by atoms with Gasteiger partial charge in [-0.1, -0.05) is 0 Å². The van der Waals surface area contributed by atoms with E-state index >= 15 is 0 Å². The van der Waals surface area contributed by atoms with Gasteiger partial charge in [-0.2, -0.15) is 13.2 Å². The fourth-order valence-electron chi connectivity index (χ4n) is 1.22. The highest BCUT2D eigenvalue weighted by atomic mass is 19.4. The Morgan fingerprint density at radius 2 is 1.94 bits per heavy atom. The Labute approximate surface area is 90.8 Å². The Balaban J connectivity index is 4.15. The zero-order valence-electron chi connectivity index (χ0n) is 8.80. The number of carbonyl (C=O) groups is 2. The summed E-state index contributed by atoms with van der Waals surface area (Å²) >= 11 is 0. The van der Waals surface area contributed by atoms with Gasteiger partial charge in [0.25, 0.3) is 0 Å². The summed E-state index contributed by atoms with van der Waals surface area (Å²) in [5, 5.41) is 10.6. The molecular formula is C9H14F3NO3. The van der Waals surface area contributed by atoms with Gasteiger partial charge in [-0.15, -0.1) is 0 Å². The molecule has 0 radical (unpaired) electrons. The predicted octanol–water partition coefficient (Wildman–Crippen LogP) is 1.56. The molecule has 0 aliphatic heterocycles. The normalized spacial score (nSPS) is 13.2. The van der Waals surface area contributed by atoms with Gasteiger partial charge in [0.1, 0.15) is 0 Å². The second-order valence-electron chi connectivity index (χ2n) is 3.55. The molecule has 0 saturated carbocycles. The van der Waals surface area contributed by atoms with Crippen LogP contribution in [0.15, 0.2) is 0 Å². The molecule has 0 aliphatic carbocycles. The Hall–Kier alpha value is -1.27. The monoisotopic (exact) mass is 241 g/mol. The van der Waals surface area contributed by atoms with Crippen molar-refractivity contribution in [2.45, 2.75) is 32.4 Å². The van der Waals surface area contributed by atoms with Crippen LogP contribution in [0.5, 0.6) is 0 Å². The van der Waals surface area contributed by atoms with Crippen LogP contribution in [0.3, 0.4) is 0 Å². The molecule has 7 heteroatoms. The van der Waals surface area contributed by atoms with E-state index in [4.69, 9.17) is 5.11 Å². The molecule has 0 aromatic heterocycles. The van der Waals surface area contributed by atoms with Crippen molar-refractivity contribution < 1.29 is 27.9 Å². The lowest BCUT2D eigenvalue weighted by atomic mass is 9.99. The molecule has 0 bridgehead atoms. The van der Waals surface area contributed by atoms with Gasteiger partial charge in [0.05, 0.1) is 0 Å². The molecule has 0 heterocycles. The summed E-state index contributed by atoms with van der Waals surface area (Å²) < 4.78 is 36.3. The minimum Gasteiger partial charge on any atom is -0.481 e. The van der Waals surface area contributed by atoms with E-state index in [1.807, 2.05) is 0 Å². The number of carbonyl (C=O) groups excluding carboxylic acids is 1.